The first-order valence-electron chi connectivity index (χ1n) is 6.78. The first-order valence-corrected chi connectivity index (χ1v) is 7.58. The molecule has 1 N–H and O–H groups in total. The summed E-state index contributed by atoms with van der Waals surface area (Å²) in [6.45, 7) is 6.06. The molecule has 0 saturated heterocycles. The lowest BCUT2D eigenvalue weighted by atomic mass is 10.2. The number of nitrogens with one attached hydrogen (secondary N) is 1. The van der Waals surface area contributed by atoms with E-state index in [1.807, 2.05) is 37.3 Å². The molecule has 20 heavy (non-hydrogen) atoms. The molecule has 0 aliphatic rings. The Hall–Kier alpha value is -1.39. The molecule has 0 atom stereocenters. The molecule has 0 radical (unpaired) electrons. The van der Waals surface area contributed by atoms with E-state index in [2.05, 4.69) is 33.2 Å². The molecule has 0 spiro atoms. The number of hydrogen-bond acceptors (Lipinski definition) is 3. The fraction of sp³-hybridized carbons (Fsp3) is 0.312. The molecule has 1 aromatic carbocycles. The lowest BCUT2D eigenvalue weighted by Gasteiger charge is -2.09. The van der Waals surface area contributed by atoms with E-state index >= 15 is 0 Å². The molecule has 4 heteroatoms. The van der Waals surface area contributed by atoms with Crippen LogP contribution in [0.5, 0.6) is 11.6 Å². The molecule has 2 aromatic rings. The molecule has 0 bridgehead atoms. The van der Waals surface area contributed by atoms with Gasteiger partial charge in [0.2, 0.25) is 5.88 Å². The van der Waals surface area contributed by atoms with Crippen LogP contribution in [0.4, 0.5) is 0 Å². The third-order valence-electron chi connectivity index (χ3n) is 2.86. The van der Waals surface area contributed by atoms with Gasteiger partial charge in [-0.1, -0.05) is 13.0 Å². The minimum absolute atomic E-state index is 0.616. The van der Waals surface area contributed by atoms with Crippen molar-refractivity contribution in [1.82, 2.24) is 10.3 Å². The molecular formula is C16H19BrN2O. The highest BCUT2D eigenvalue weighted by Gasteiger charge is 2.04. The second-order valence-electron chi connectivity index (χ2n) is 4.72. The molecule has 3 nitrogen and oxygen atoms in total. The summed E-state index contributed by atoms with van der Waals surface area (Å²) in [5.74, 6) is 1.40. The lowest BCUT2D eigenvalue weighted by molar-refractivity contribution is 0.458. The molecule has 0 saturated carbocycles. The van der Waals surface area contributed by atoms with E-state index in [1.165, 1.54) is 11.1 Å². The zero-order valence-electron chi connectivity index (χ0n) is 11.8. The molecule has 0 unspecified atom stereocenters. The van der Waals surface area contributed by atoms with Crippen molar-refractivity contribution in [2.24, 2.45) is 0 Å². The van der Waals surface area contributed by atoms with Crippen LogP contribution in [0, 0.1) is 6.92 Å². The average Bonchev–Trinajstić information content (AvgIpc) is 2.43. The van der Waals surface area contributed by atoms with Crippen molar-refractivity contribution in [2.45, 2.75) is 26.8 Å². The van der Waals surface area contributed by atoms with Crippen molar-refractivity contribution in [3.63, 3.8) is 0 Å². The van der Waals surface area contributed by atoms with Crippen LogP contribution in [0.3, 0.4) is 0 Å². The lowest BCUT2D eigenvalue weighted by Crippen LogP contribution is -2.13. The van der Waals surface area contributed by atoms with Gasteiger partial charge in [-0.3, -0.25) is 0 Å². The van der Waals surface area contributed by atoms with Gasteiger partial charge >= 0.3 is 0 Å². The molecular weight excluding hydrogens is 316 g/mol. The smallest absolute Gasteiger partial charge is 0.219 e. The summed E-state index contributed by atoms with van der Waals surface area (Å²) in [6.07, 6.45) is 2.91. The second kappa shape index (κ2) is 7.41. The largest absolute Gasteiger partial charge is 0.438 e. The molecule has 0 aliphatic heterocycles. The third-order valence-corrected chi connectivity index (χ3v) is 3.48. The zero-order chi connectivity index (χ0) is 14.4. The topological polar surface area (TPSA) is 34.2 Å². The average molecular weight is 335 g/mol. The Morgan fingerprint density at radius 3 is 2.85 bits per heavy atom. The van der Waals surface area contributed by atoms with Gasteiger partial charge in [-0.25, -0.2) is 4.98 Å². The Kier molecular flexibility index (Phi) is 5.56. The van der Waals surface area contributed by atoms with E-state index in [0.29, 0.717) is 5.88 Å². The number of aryl methyl sites for hydroxylation is 1. The number of benzene rings is 1. The Morgan fingerprint density at radius 2 is 2.10 bits per heavy atom. The number of aromatic nitrogens is 1. The van der Waals surface area contributed by atoms with Crippen LogP contribution in [0.15, 0.2) is 41.0 Å². The van der Waals surface area contributed by atoms with Crippen molar-refractivity contribution in [3.8, 4) is 11.6 Å². The van der Waals surface area contributed by atoms with Crippen molar-refractivity contribution in [2.75, 3.05) is 6.54 Å². The summed E-state index contributed by atoms with van der Waals surface area (Å²) in [7, 11) is 0. The minimum atomic E-state index is 0.616. The maximum absolute atomic E-state index is 5.83. The third kappa shape index (κ3) is 4.32. The van der Waals surface area contributed by atoms with E-state index in [0.717, 1.165) is 29.7 Å². The number of pyridine rings is 1. The normalized spacial score (nSPS) is 10.6. The van der Waals surface area contributed by atoms with E-state index in [9.17, 15) is 0 Å². The highest BCUT2D eigenvalue weighted by atomic mass is 79.9. The predicted octanol–water partition coefficient (Wildman–Crippen LogP) is 4.44. The Bertz CT molecular complexity index is 572. The maximum atomic E-state index is 5.83. The summed E-state index contributed by atoms with van der Waals surface area (Å²) in [4.78, 5) is 4.26. The van der Waals surface area contributed by atoms with E-state index in [-0.39, 0.29) is 0 Å². The first kappa shape index (κ1) is 15.0. The van der Waals surface area contributed by atoms with Gasteiger partial charge in [0, 0.05) is 18.8 Å². The van der Waals surface area contributed by atoms with Gasteiger partial charge < -0.3 is 10.1 Å². The molecule has 0 amide bonds. The molecule has 1 heterocycles. The number of hydrogen-bond donors (Lipinski definition) is 1. The van der Waals surface area contributed by atoms with Crippen molar-refractivity contribution in [3.05, 3.63) is 52.1 Å². The van der Waals surface area contributed by atoms with E-state index in [1.54, 1.807) is 6.20 Å². The van der Waals surface area contributed by atoms with Crippen LogP contribution in [0.1, 0.15) is 24.5 Å². The van der Waals surface area contributed by atoms with Gasteiger partial charge in [-0.15, -0.1) is 0 Å². The van der Waals surface area contributed by atoms with Gasteiger partial charge in [0.15, 0.2) is 0 Å². The summed E-state index contributed by atoms with van der Waals surface area (Å²) >= 11 is 3.51. The minimum Gasteiger partial charge on any atom is -0.438 e. The van der Waals surface area contributed by atoms with Gasteiger partial charge in [0.1, 0.15) is 5.75 Å². The number of nitrogens with zero attached hydrogens (tertiary/aromatic N) is 1. The standard InChI is InChI=1S/C16H19BrN2O/c1-3-7-18-11-13-6-8-19-16(10-13)20-15-5-4-12(2)9-14(15)17/h4-6,8-10,18H,3,7,11H2,1-2H3. The van der Waals surface area contributed by atoms with Crippen LogP contribution in [0.2, 0.25) is 0 Å². The Balaban J connectivity index is 2.07. The molecule has 106 valence electrons. The van der Waals surface area contributed by atoms with E-state index < -0.39 is 0 Å². The fourth-order valence-electron chi connectivity index (χ4n) is 1.83. The van der Waals surface area contributed by atoms with Crippen LogP contribution < -0.4 is 10.1 Å². The highest BCUT2D eigenvalue weighted by molar-refractivity contribution is 9.10. The van der Waals surface area contributed by atoms with Gasteiger partial charge in [0.25, 0.3) is 0 Å². The van der Waals surface area contributed by atoms with Gasteiger partial charge in [0.05, 0.1) is 4.47 Å². The SMILES string of the molecule is CCCNCc1ccnc(Oc2ccc(C)cc2Br)c1. The second-order valence-corrected chi connectivity index (χ2v) is 5.57. The first-order chi connectivity index (χ1) is 9.69. The maximum Gasteiger partial charge on any atom is 0.219 e. The number of rotatable bonds is 6. The molecule has 2 rings (SSSR count). The van der Waals surface area contributed by atoms with E-state index in [4.69, 9.17) is 4.74 Å². The van der Waals surface area contributed by atoms with Crippen molar-refractivity contribution in [1.29, 1.82) is 0 Å². The number of halogens is 1. The van der Waals surface area contributed by atoms with Crippen LogP contribution in [0.25, 0.3) is 0 Å². The summed E-state index contributed by atoms with van der Waals surface area (Å²) in [5.41, 5.74) is 2.36. The summed E-state index contributed by atoms with van der Waals surface area (Å²) in [5, 5.41) is 3.37. The van der Waals surface area contributed by atoms with Crippen LogP contribution in [-0.4, -0.2) is 11.5 Å². The Morgan fingerprint density at radius 1 is 1.25 bits per heavy atom. The molecule has 0 aliphatic carbocycles. The van der Waals surface area contributed by atoms with Crippen molar-refractivity contribution < 1.29 is 4.74 Å². The zero-order valence-corrected chi connectivity index (χ0v) is 13.4. The van der Waals surface area contributed by atoms with Gasteiger partial charge in [-0.2, -0.15) is 0 Å². The monoisotopic (exact) mass is 334 g/mol. The van der Waals surface area contributed by atoms with Crippen molar-refractivity contribution >= 4 is 15.9 Å². The number of ether oxygens (including phenoxy) is 1. The fourth-order valence-corrected chi connectivity index (χ4v) is 2.40. The highest BCUT2D eigenvalue weighted by Crippen LogP contribution is 2.29. The van der Waals surface area contributed by atoms with Crippen LogP contribution in [-0.2, 0) is 6.54 Å². The summed E-state index contributed by atoms with van der Waals surface area (Å²) in [6, 6.07) is 9.96. The quantitative estimate of drug-likeness (QED) is 0.792. The summed E-state index contributed by atoms with van der Waals surface area (Å²) < 4.78 is 6.76. The molecule has 1 aromatic heterocycles. The van der Waals surface area contributed by atoms with Crippen LogP contribution >= 0.6 is 15.9 Å². The van der Waals surface area contributed by atoms with Gasteiger partial charge in [-0.05, 0) is 65.1 Å². The Labute approximate surface area is 128 Å². The predicted molar refractivity (Wildman–Crippen MR) is 85.2 cm³/mol. The molecule has 0 fully saturated rings.